The summed E-state index contributed by atoms with van der Waals surface area (Å²) in [6.45, 7) is 10.3. The van der Waals surface area contributed by atoms with Gasteiger partial charge in [-0.25, -0.2) is 4.39 Å². The van der Waals surface area contributed by atoms with Gasteiger partial charge in [0, 0.05) is 18.5 Å². The first-order valence-electron chi connectivity index (χ1n) is 11.0. The summed E-state index contributed by atoms with van der Waals surface area (Å²) in [5.74, 6) is -0.749. The minimum atomic E-state index is -0.587. The number of rotatable bonds is 7. The van der Waals surface area contributed by atoms with Crippen LogP contribution in [0.1, 0.15) is 65.4 Å². The zero-order valence-corrected chi connectivity index (χ0v) is 19.2. The highest BCUT2D eigenvalue weighted by Gasteiger charge is 2.33. The molecule has 7 heteroatoms. The molecular weight excluding hydrogens is 399 g/mol. The molecule has 31 heavy (non-hydrogen) atoms. The first-order valence-corrected chi connectivity index (χ1v) is 11.0. The largest absolute Gasteiger partial charge is 0.466 e. The number of ether oxygens (including phenoxy) is 1. The number of hydrogen-bond acceptors (Lipinski definition) is 4. The van der Waals surface area contributed by atoms with Gasteiger partial charge in [-0.2, -0.15) is 0 Å². The van der Waals surface area contributed by atoms with Crippen molar-refractivity contribution in [3.05, 3.63) is 35.6 Å². The van der Waals surface area contributed by atoms with Crippen molar-refractivity contribution in [1.29, 1.82) is 0 Å². The second-order valence-electron chi connectivity index (χ2n) is 9.28. The number of esters is 1. The highest BCUT2D eigenvalue weighted by molar-refractivity contribution is 5.89. The van der Waals surface area contributed by atoms with E-state index in [1.54, 1.807) is 30.9 Å². The normalized spacial score (nSPS) is 17.0. The van der Waals surface area contributed by atoms with Crippen LogP contribution in [0.2, 0.25) is 0 Å². The Kier molecular flexibility index (Phi) is 8.60. The van der Waals surface area contributed by atoms with E-state index < -0.39 is 11.5 Å². The lowest BCUT2D eigenvalue weighted by Gasteiger charge is -2.37. The molecule has 1 fully saturated rings. The Bertz CT molecular complexity index is 765. The number of carbonyl (C=O) groups is 3. The Labute approximate surface area is 184 Å². The van der Waals surface area contributed by atoms with Crippen molar-refractivity contribution in [1.82, 2.24) is 10.2 Å². The lowest BCUT2D eigenvalue weighted by molar-refractivity contribution is -0.144. The van der Waals surface area contributed by atoms with Crippen LogP contribution in [0.15, 0.2) is 24.3 Å². The van der Waals surface area contributed by atoms with E-state index in [9.17, 15) is 18.8 Å². The smallest absolute Gasteiger partial charge is 0.306 e. The summed E-state index contributed by atoms with van der Waals surface area (Å²) in [5, 5.41) is 2.80. The van der Waals surface area contributed by atoms with Crippen molar-refractivity contribution in [3.63, 3.8) is 0 Å². The van der Waals surface area contributed by atoms with E-state index in [0.29, 0.717) is 19.7 Å². The van der Waals surface area contributed by atoms with Crippen LogP contribution in [0.4, 0.5) is 4.39 Å². The van der Waals surface area contributed by atoms with E-state index in [0.717, 1.165) is 18.4 Å². The molecule has 1 aliphatic heterocycles. The fraction of sp³-hybridized carbons (Fsp3) is 0.625. The molecular formula is C24H35FN2O4. The van der Waals surface area contributed by atoms with E-state index in [2.05, 4.69) is 5.32 Å². The fourth-order valence-electron chi connectivity index (χ4n) is 3.94. The van der Waals surface area contributed by atoms with Crippen LogP contribution >= 0.6 is 0 Å². The molecule has 2 rings (SSSR count). The molecule has 0 aliphatic carbocycles. The van der Waals surface area contributed by atoms with Crippen LogP contribution < -0.4 is 5.32 Å². The minimum Gasteiger partial charge on any atom is -0.466 e. The van der Waals surface area contributed by atoms with Gasteiger partial charge in [-0.1, -0.05) is 32.9 Å². The molecule has 172 valence electrons. The first-order chi connectivity index (χ1) is 14.5. The average molecular weight is 435 g/mol. The number of nitrogens with one attached hydrogen (secondary N) is 1. The topological polar surface area (TPSA) is 75.7 Å². The number of benzene rings is 1. The molecule has 2 atom stereocenters. The van der Waals surface area contributed by atoms with E-state index in [1.807, 2.05) is 20.8 Å². The Balaban J connectivity index is 2.02. The molecule has 1 saturated heterocycles. The summed E-state index contributed by atoms with van der Waals surface area (Å²) in [6, 6.07) is 5.68. The molecule has 1 heterocycles. The molecule has 0 saturated carbocycles. The van der Waals surface area contributed by atoms with Crippen molar-refractivity contribution in [3.8, 4) is 0 Å². The third-order valence-corrected chi connectivity index (χ3v) is 5.81. The summed E-state index contributed by atoms with van der Waals surface area (Å²) < 4.78 is 18.5. The monoisotopic (exact) mass is 434 g/mol. The number of likely N-dealkylation sites (tertiary alicyclic amines) is 1. The van der Waals surface area contributed by atoms with Crippen molar-refractivity contribution >= 4 is 17.8 Å². The number of halogens is 1. The van der Waals surface area contributed by atoms with Crippen molar-refractivity contribution < 1.29 is 23.5 Å². The van der Waals surface area contributed by atoms with Crippen LogP contribution in [-0.2, 0) is 19.1 Å². The second-order valence-corrected chi connectivity index (χ2v) is 9.28. The van der Waals surface area contributed by atoms with Gasteiger partial charge in [0.15, 0.2) is 0 Å². The summed E-state index contributed by atoms with van der Waals surface area (Å²) in [6.07, 6.45) is 1.69. The molecule has 0 radical (unpaired) electrons. The Morgan fingerprint density at radius 1 is 1.16 bits per heavy atom. The predicted molar refractivity (Wildman–Crippen MR) is 117 cm³/mol. The molecule has 0 bridgehead atoms. The molecule has 0 aromatic heterocycles. The standard InChI is InChI=1S/C24H35FN2O4/c1-6-31-21(28)15-20(17-7-9-19(25)10-8-17)18-11-13-27(14-12-18)22(29)16(2)26-23(30)24(3,4)5/h7-10,16,18,20H,6,11-15H2,1-5H3,(H,26,30)/t16-,20+/m0/s1. The molecule has 1 aromatic rings. The number of hydrogen-bond donors (Lipinski definition) is 1. The lowest BCUT2D eigenvalue weighted by atomic mass is 9.78. The van der Waals surface area contributed by atoms with Gasteiger partial charge in [0.25, 0.3) is 0 Å². The summed E-state index contributed by atoms with van der Waals surface area (Å²) >= 11 is 0. The van der Waals surface area contributed by atoms with Gasteiger partial charge in [0.2, 0.25) is 11.8 Å². The van der Waals surface area contributed by atoms with E-state index >= 15 is 0 Å². The van der Waals surface area contributed by atoms with E-state index in [1.165, 1.54) is 12.1 Å². The van der Waals surface area contributed by atoms with Gasteiger partial charge in [0.05, 0.1) is 13.0 Å². The first kappa shape index (κ1) is 24.8. The third-order valence-electron chi connectivity index (χ3n) is 5.81. The maximum absolute atomic E-state index is 13.4. The Morgan fingerprint density at radius 3 is 2.26 bits per heavy atom. The fourth-order valence-corrected chi connectivity index (χ4v) is 3.94. The van der Waals surface area contributed by atoms with Crippen molar-refractivity contribution in [2.24, 2.45) is 11.3 Å². The number of amides is 2. The van der Waals surface area contributed by atoms with Gasteiger partial charge < -0.3 is 15.0 Å². The highest BCUT2D eigenvalue weighted by atomic mass is 19.1. The predicted octanol–water partition coefficient (Wildman–Crippen LogP) is 3.65. The van der Waals surface area contributed by atoms with Crippen molar-refractivity contribution in [2.75, 3.05) is 19.7 Å². The lowest BCUT2D eigenvalue weighted by Crippen LogP contribution is -2.51. The second kappa shape index (κ2) is 10.7. The van der Waals surface area contributed by atoms with Crippen LogP contribution in [-0.4, -0.2) is 48.4 Å². The zero-order valence-electron chi connectivity index (χ0n) is 19.2. The van der Waals surface area contributed by atoms with Gasteiger partial charge >= 0.3 is 5.97 Å². The Morgan fingerprint density at radius 2 is 1.74 bits per heavy atom. The molecule has 0 unspecified atom stereocenters. The van der Waals surface area contributed by atoms with E-state index in [4.69, 9.17) is 4.74 Å². The summed E-state index contributed by atoms with van der Waals surface area (Å²) in [5.41, 5.74) is 0.349. The molecule has 1 N–H and O–H groups in total. The van der Waals surface area contributed by atoms with Gasteiger partial charge in [-0.05, 0) is 56.2 Å². The summed E-state index contributed by atoms with van der Waals surface area (Å²) in [4.78, 5) is 38.9. The maximum Gasteiger partial charge on any atom is 0.306 e. The van der Waals surface area contributed by atoms with Gasteiger partial charge in [0.1, 0.15) is 11.9 Å². The number of carbonyl (C=O) groups excluding carboxylic acids is 3. The number of piperidine rings is 1. The highest BCUT2D eigenvalue weighted by Crippen LogP contribution is 2.36. The van der Waals surface area contributed by atoms with Gasteiger partial charge in [-0.3, -0.25) is 14.4 Å². The van der Waals surface area contributed by atoms with Crippen LogP contribution in [0, 0.1) is 17.2 Å². The number of nitrogens with zero attached hydrogens (tertiary/aromatic N) is 1. The molecule has 2 amide bonds. The molecule has 6 nitrogen and oxygen atoms in total. The molecule has 0 spiro atoms. The van der Waals surface area contributed by atoms with E-state index in [-0.39, 0.29) is 41.9 Å². The average Bonchev–Trinajstić information content (AvgIpc) is 2.72. The van der Waals surface area contributed by atoms with Crippen molar-refractivity contribution in [2.45, 2.75) is 65.8 Å². The van der Waals surface area contributed by atoms with Gasteiger partial charge in [-0.15, -0.1) is 0 Å². The van der Waals surface area contributed by atoms with Crippen LogP contribution in [0.5, 0.6) is 0 Å². The Hall–Kier alpha value is -2.44. The SMILES string of the molecule is CCOC(=O)C[C@H](c1ccc(F)cc1)C1CCN(C(=O)[C@H](C)NC(=O)C(C)(C)C)CC1. The van der Waals surface area contributed by atoms with Crippen LogP contribution in [0.25, 0.3) is 0 Å². The summed E-state index contributed by atoms with van der Waals surface area (Å²) in [7, 11) is 0. The quantitative estimate of drug-likeness (QED) is 0.665. The molecule has 1 aliphatic rings. The third kappa shape index (κ3) is 7.04. The zero-order chi connectivity index (χ0) is 23.2. The minimum absolute atomic E-state index is 0.0880. The maximum atomic E-state index is 13.4. The van der Waals surface area contributed by atoms with Crippen LogP contribution in [0.3, 0.4) is 0 Å². The molecule has 1 aromatic carbocycles.